The Morgan fingerprint density at radius 2 is 2.07 bits per heavy atom. The van der Waals surface area contributed by atoms with Crippen molar-refractivity contribution in [3.8, 4) is 5.75 Å². The highest BCUT2D eigenvalue weighted by atomic mass is 32.1. The lowest BCUT2D eigenvalue weighted by atomic mass is 10.2. The zero-order valence-electron chi connectivity index (χ0n) is 8.66. The van der Waals surface area contributed by atoms with Gasteiger partial charge in [0.15, 0.2) is 0 Å². The standard InChI is InChI=1S/C12H17OS/c1-2-3-4-5-9-13-11-7-6-8-12(14)10-11/h6-8,10H,2-5,9H2,1H3. The van der Waals surface area contributed by atoms with Gasteiger partial charge in [-0.15, -0.1) is 0 Å². The Morgan fingerprint density at radius 1 is 1.21 bits per heavy atom. The van der Waals surface area contributed by atoms with Crippen molar-refractivity contribution < 1.29 is 4.74 Å². The zero-order valence-corrected chi connectivity index (χ0v) is 9.48. The van der Waals surface area contributed by atoms with Crippen LogP contribution in [-0.4, -0.2) is 6.61 Å². The number of hydrogen-bond acceptors (Lipinski definition) is 1. The van der Waals surface area contributed by atoms with E-state index in [1.54, 1.807) is 0 Å². The second kappa shape index (κ2) is 6.66. The van der Waals surface area contributed by atoms with Gasteiger partial charge in [0.2, 0.25) is 0 Å². The molecule has 0 unspecified atom stereocenters. The van der Waals surface area contributed by atoms with Gasteiger partial charge in [-0.25, -0.2) is 0 Å². The van der Waals surface area contributed by atoms with Crippen LogP contribution in [0.2, 0.25) is 0 Å². The Kier molecular flexibility index (Phi) is 5.38. The van der Waals surface area contributed by atoms with E-state index in [0.717, 1.165) is 23.7 Å². The topological polar surface area (TPSA) is 9.23 Å². The van der Waals surface area contributed by atoms with Crippen molar-refractivity contribution in [2.24, 2.45) is 0 Å². The van der Waals surface area contributed by atoms with E-state index in [2.05, 4.69) is 6.92 Å². The molecule has 1 aromatic rings. The van der Waals surface area contributed by atoms with Gasteiger partial charge in [-0.05, 0) is 24.6 Å². The molecule has 1 aromatic carbocycles. The van der Waals surface area contributed by atoms with Crippen LogP contribution < -0.4 is 4.74 Å². The fourth-order valence-electron chi connectivity index (χ4n) is 1.28. The van der Waals surface area contributed by atoms with Crippen molar-refractivity contribution in [2.45, 2.75) is 37.5 Å². The molecule has 0 aromatic heterocycles. The summed E-state index contributed by atoms with van der Waals surface area (Å²) in [6.07, 6.45) is 4.95. The van der Waals surface area contributed by atoms with Gasteiger partial charge < -0.3 is 4.74 Å². The quantitative estimate of drug-likeness (QED) is 0.638. The minimum atomic E-state index is 0.804. The number of hydrogen-bond donors (Lipinski definition) is 0. The van der Waals surface area contributed by atoms with Gasteiger partial charge in [0, 0.05) is 4.90 Å². The number of rotatable bonds is 6. The van der Waals surface area contributed by atoms with E-state index < -0.39 is 0 Å². The van der Waals surface area contributed by atoms with Gasteiger partial charge in [0.1, 0.15) is 5.75 Å². The molecular formula is C12H17OS. The molecule has 1 radical (unpaired) electrons. The van der Waals surface area contributed by atoms with Crippen molar-refractivity contribution >= 4 is 12.6 Å². The van der Waals surface area contributed by atoms with Crippen molar-refractivity contribution in [2.75, 3.05) is 6.61 Å². The first-order chi connectivity index (χ1) is 6.83. The van der Waals surface area contributed by atoms with E-state index in [-0.39, 0.29) is 0 Å². The van der Waals surface area contributed by atoms with Crippen molar-refractivity contribution in [3.05, 3.63) is 24.3 Å². The first kappa shape index (κ1) is 11.3. The molecule has 0 aliphatic heterocycles. The van der Waals surface area contributed by atoms with Crippen LogP contribution in [0.3, 0.4) is 0 Å². The van der Waals surface area contributed by atoms with Gasteiger partial charge in [-0.1, -0.05) is 44.9 Å². The Bertz CT molecular complexity index is 260. The molecule has 0 atom stereocenters. The molecule has 0 spiro atoms. The summed E-state index contributed by atoms with van der Waals surface area (Å²) in [7, 11) is 0. The van der Waals surface area contributed by atoms with Gasteiger partial charge >= 0.3 is 0 Å². The highest BCUT2D eigenvalue weighted by molar-refractivity contribution is 7.80. The van der Waals surface area contributed by atoms with Gasteiger partial charge in [-0.2, -0.15) is 0 Å². The highest BCUT2D eigenvalue weighted by Crippen LogP contribution is 2.16. The molecule has 1 nitrogen and oxygen atoms in total. The van der Waals surface area contributed by atoms with Gasteiger partial charge in [0.25, 0.3) is 0 Å². The van der Waals surface area contributed by atoms with E-state index in [9.17, 15) is 0 Å². The molecule has 0 aliphatic rings. The molecule has 0 saturated carbocycles. The normalized spacial score (nSPS) is 10.1. The van der Waals surface area contributed by atoms with Gasteiger partial charge in [0.05, 0.1) is 6.61 Å². The van der Waals surface area contributed by atoms with Crippen LogP contribution >= 0.6 is 12.6 Å². The summed E-state index contributed by atoms with van der Waals surface area (Å²) in [6.45, 7) is 3.01. The zero-order chi connectivity index (χ0) is 10.2. The average molecular weight is 209 g/mol. The lowest BCUT2D eigenvalue weighted by Crippen LogP contribution is -1.96. The van der Waals surface area contributed by atoms with E-state index >= 15 is 0 Å². The Morgan fingerprint density at radius 3 is 2.79 bits per heavy atom. The third-order valence-electron chi connectivity index (χ3n) is 2.07. The van der Waals surface area contributed by atoms with E-state index in [1.165, 1.54) is 19.3 Å². The van der Waals surface area contributed by atoms with Crippen LogP contribution in [0.4, 0.5) is 0 Å². The maximum absolute atomic E-state index is 5.57. The molecule has 0 aliphatic carbocycles. The van der Waals surface area contributed by atoms with Crippen molar-refractivity contribution in [1.29, 1.82) is 0 Å². The summed E-state index contributed by atoms with van der Waals surface area (Å²) in [4.78, 5) is 0.844. The SMILES string of the molecule is CCCCCCOc1cccc([S])c1. The second-order valence-electron chi connectivity index (χ2n) is 3.38. The highest BCUT2D eigenvalue weighted by Gasteiger charge is 1.94. The molecule has 0 N–H and O–H groups in total. The second-order valence-corrected chi connectivity index (χ2v) is 3.86. The van der Waals surface area contributed by atoms with Crippen LogP contribution in [0, 0.1) is 0 Å². The lowest BCUT2D eigenvalue weighted by Gasteiger charge is -2.05. The lowest BCUT2D eigenvalue weighted by molar-refractivity contribution is 0.304. The van der Waals surface area contributed by atoms with E-state index in [4.69, 9.17) is 17.4 Å². The maximum atomic E-state index is 5.57. The molecule has 0 heterocycles. The maximum Gasteiger partial charge on any atom is 0.120 e. The van der Waals surface area contributed by atoms with Crippen LogP contribution in [-0.2, 0) is 0 Å². The minimum Gasteiger partial charge on any atom is -0.494 e. The number of unbranched alkanes of at least 4 members (excludes halogenated alkanes) is 3. The van der Waals surface area contributed by atoms with E-state index in [1.807, 2.05) is 24.3 Å². The third-order valence-corrected chi connectivity index (χ3v) is 2.33. The summed E-state index contributed by atoms with van der Waals surface area (Å²) in [5, 5.41) is 0. The molecular weight excluding hydrogens is 192 g/mol. The first-order valence-corrected chi connectivity index (χ1v) is 5.63. The molecule has 2 heteroatoms. The van der Waals surface area contributed by atoms with E-state index in [0.29, 0.717) is 0 Å². The average Bonchev–Trinajstić information content (AvgIpc) is 2.18. The summed E-state index contributed by atoms with van der Waals surface area (Å²) >= 11 is 5.04. The predicted octanol–water partition coefficient (Wildman–Crippen LogP) is 4.20. The number of benzene rings is 1. The largest absolute Gasteiger partial charge is 0.494 e. The molecule has 0 fully saturated rings. The predicted molar refractivity (Wildman–Crippen MR) is 61.9 cm³/mol. The third kappa shape index (κ3) is 4.47. The molecule has 14 heavy (non-hydrogen) atoms. The summed E-state index contributed by atoms with van der Waals surface area (Å²) in [5.41, 5.74) is 0. The van der Waals surface area contributed by atoms with Crippen LogP contribution in [0.25, 0.3) is 0 Å². The first-order valence-electron chi connectivity index (χ1n) is 5.23. The fourth-order valence-corrected chi connectivity index (χ4v) is 1.48. The molecule has 0 saturated heterocycles. The van der Waals surface area contributed by atoms with Crippen molar-refractivity contribution in [3.63, 3.8) is 0 Å². The monoisotopic (exact) mass is 209 g/mol. The summed E-state index contributed by atoms with van der Waals surface area (Å²) < 4.78 is 5.57. The molecule has 0 amide bonds. The number of ether oxygens (including phenoxy) is 1. The smallest absolute Gasteiger partial charge is 0.120 e. The molecule has 1 rings (SSSR count). The summed E-state index contributed by atoms with van der Waals surface area (Å²) in [5.74, 6) is 0.897. The minimum absolute atomic E-state index is 0.804. The van der Waals surface area contributed by atoms with Crippen LogP contribution in [0.5, 0.6) is 5.75 Å². The Balaban J connectivity index is 2.18. The summed E-state index contributed by atoms with van der Waals surface area (Å²) in [6, 6.07) is 7.69. The Hall–Kier alpha value is -0.760. The molecule has 0 bridgehead atoms. The fraction of sp³-hybridized carbons (Fsp3) is 0.500. The van der Waals surface area contributed by atoms with Crippen LogP contribution in [0.15, 0.2) is 29.2 Å². The van der Waals surface area contributed by atoms with Crippen LogP contribution in [0.1, 0.15) is 32.6 Å². The molecule has 77 valence electrons. The Labute approximate surface area is 91.9 Å². The van der Waals surface area contributed by atoms with Crippen molar-refractivity contribution in [1.82, 2.24) is 0 Å². The van der Waals surface area contributed by atoms with Gasteiger partial charge in [-0.3, -0.25) is 0 Å².